The summed E-state index contributed by atoms with van der Waals surface area (Å²) < 4.78 is 17.5. The van der Waals surface area contributed by atoms with E-state index >= 15 is 4.39 Å². The third-order valence-electron chi connectivity index (χ3n) is 6.09. The molecule has 1 unspecified atom stereocenters. The van der Waals surface area contributed by atoms with E-state index in [1.165, 1.54) is 0 Å². The third kappa shape index (κ3) is 2.58. The van der Waals surface area contributed by atoms with Crippen molar-refractivity contribution in [3.63, 3.8) is 0 Å². The van der Waals surface area contributed by atoms with Gasteiger partial charge in [-0.3, -0.25) is 0 Å². The Hall–Kier alpha value is -3.49. The molecule has 0 amide bonds. The highest BCUT2D eigenvalue weighted by molar-refractivity contribution is 6.30. The smallest absolute Gasteiger partial charge is 0.188 e. The molecule has 5 aromatic rings. The summed E-state index contributed by atoms with van der Waals surface area (Å²) in [5, 5.41) is 1.49. The maximum Gasteiger partial charge on any atom is 0.188 e. The lowest BCUT2D eigenvalue weighted by molar-refractivity contribution is 0.290. The van der Waals surface area contributed by atoms with Crippen molar-refractivity contribution in [3.8, 4) is 22.4 Å². The van der Waals surface area contributed by atoms with Crippen molar-refractivity contribution < 1.29 is 4.39 Å². The lowest BCUT2D eigenvalue weighted by Gasteiger charge is -2.25. The molecule has 0 spiro atoms. The molecule has 0 bridgehead atoms. The van der Waals surface area contributed by atoms with E-state index in [1.54, 1.807) is 0 Å². The zero-order chi connectivity index (χ0) is 21.0. The summed E-state index contributed by atoms with van der Waals surface area (Å²) in [5.74, 6) is 0. The second kappa shape index (κ2) is 6.76. The minimum absolute atomic E-state index is 0.625. The van der Waals surface area contributed by atoms with Crippen LogP contribution in [0.1, 0.15) is 16.7 Å². The Morgan fingerprint density at radius 2 is 1.39 bits per heavy atom. The quantitative estimate of drug-likeness (QED) is 0.283. The number of fused-ring (bicyclic) bond motifs is 5. The van der Waals surface area contributed by atoms with Gasteiger partial charge in [0.2, 0.25) is 0 Å². The third-order valence-corrected chi connectivity index (χ3v) is 6.35. The molecule has 1 atom stereocenters. The molecule has 1 aromatic heterocycles. The Bertz CT molecular complexity index is 1440. The van der Waals surface area contributed by atoms with Crippen LogP contribution in [0.3, 0.4) is 0 Å². The average molecular weight is 422 g/mol. The van der Waals surface area contributed by atoms with Crippen LogP contribution in [0.5, 0.6) is 0 Å². The number of para-hydroxylation sites is 1. The van der Waals surface area contributed by atoms with Gasteiger partial charge in [0.15, 0.2) is 5.67 Å². The lowest BCUT2D eigenvalue weighted by Crippen LogP contribution is -2.21. The molecule has 148 valence electrons. The molecule has 0 N–H and O–H groups in total. The van der Waals surface area contributed by atoms with Crippen LogP contribution in [0, 0.1) is 0 Å². The molecule has 31 heavy (non-hydrogen) atoms. The normalized spacial score (nSPS) is 16.8. The summed E-state index contributed by atoms with van der Waals surface area (Å²) in [5.41, 5.74) is 4.37. The molecule has 0 saturated carbocycles. The molecule has 6 rings (SSSR count). The topological polar surface area (TPSA) is 12.9 Å². The molecule has 1 aliphatic carbocycles. The summed E-state index contributed by atoms with van der Waals surface area (Å²) >= 11 is 6.14. The van der Waals surface area contributed by atoms with Crippen LogP contribution in [0.2, 0.25) is 5.02 Å². The zero-order valence-electron chi connectivity index (χ0n) is 16.5. The fraction of sp³-hybridized carbons (Fsp3) is 0.0357. The molecule has 0 saturated heterocycles. The number of halogens is 2. The molecule has 0 aliphatic heterocycles. The van der Waals surface area contributed by atoms with Crippen LogP contribution < -0.4 is 0 Å². The number of aromatic nitrogens is 1. The highest BCUT2D eigenvalue weighted by Crippen LogP contribution is 2.57. The van der Waals surface area contributed by atoms with Gasteiger partial charge in [-0.15, -0.1) is 0 Å². The molecular formula is C28H17ClFN. The number of hydrogen-bond acceptors (Lipinski definition) is 1. The van der Waals surface area contributed by atoms with Crippen molar-refractivity contribution in [3.05, 3.63) is 125 Å². The van der Waals surface area contributed by atoms with Crippen molar-refractivity contribution in [2.45, 2.75) is 5.67 Å². The first-order valence-electron chi connectivity index (χ1n) is 10.2. The molecule has 0 fully saturated rings. The Morgan fingerprint density at radius 3 is 2.19 bits per heavy atom. The van der Waals surface area contributed by atoms with Crippen molar-refractivity contribution in [2.75, 3.05) is 0 Å². The van der Waals surface area contributed by atoms with Crippen LogP contribution in [-0.4, -0.2) is 4.98 Å². The van der Waals surface area contributed by atoms with E-state index < -0.39 is 5.67 Å². The summed E-state index contributed by atoms with van der Waals surface area (Å²) in [4.78, 5) is 5.00. The van der Waals surface area contributed by atoms with Crippen LogP contribution in [-0.2, 0) is 5.67 Å². The summed E-state index contributed by atoms with van der Waals surface area (Å²) in [7, 11) is 0. The minimum atomic E-state index is -1.77. The van der Waals surface area contributed by atoms with Gasteiger partial charge in [0.05, 0.1) is 11.2 Å². The summed E-state index contributed by atoms with van der Waals surface area (Å²) in [6, 6.07) is 32.6. The van der Waals surface area contributed by atoms with E-state index in [1.807, 2.05) is 103 Å². The summed E-state index contributed by atoms with van der Waals surface area (Å²) in [6.07, 6.45) is 0. The van der Waals surface area contributed by atoms with Gasteiger partial charge >= 0.3 is 0 Å². The van der Waals surface area contributed by atoms with Crippen LogP contribution in [0.4, 0.5) is 4.39 Å². The van der Waals surface area contributed by atoms with Gasteiger partial charge in [0.25, 0.3) is 0 Å². The summed E-state index contributed by atoms with van der Waals surface area (Å²) in [6.45, 7) is 0. The standard InChI is InChI=1S/C28H17ClFN/c29-20-16-14-18(15-17-20)27-25-21-10-4-6-12-23(21)28(30,19-8-2-1-3-9-19)26(25)22-11-5-7-13-24(22)31-27/h1-17H. The van der Waals surface area contributed by atoms with Crippen LogP contribution in [0.15, 0.2) is 103 Å². The zero-order valence-corrected chi connectivity index (χ0v) is 17.3. The van der Waals surface area contributed by atoms with Crippen molar-refractivity contribution in [1.82, 2.24) is 4.98 Å². The predicted octanol–water partition coefficient (Wildman–Crippen LogP) is 7.80. The number of pyridine rings is 1. The second-order valence-electron chi connectivity index (χ2n) is 7.80. The molecule has 1 nitrogen and oxygen atoms in total. The molecule has 0 radical (unpaired) electrons. The van der Waals surface area contributed by atoms with E-state index in [-0.39, 0.29) is 0 Å². The van der Waals surface area contributed by atoms with Gasteiger partial charge in [-0.25, -0.2) is 9.37 Å². The fourth-order valence-electron chi connectivity index (χ4n) is 4.75. The molecule has 1 aliphatic rings. The fourth-order valence-corrected chi connectivity index (χ4v) is 4.88. The second-order valence-corrected chi connectivity index (χ2v) is 8.24. The van der Waals surface area contributed by atoms with Crippen molar-refractivity contribution in [2.24, 2.45) is 0 Å². The van der Waals surface area contributed by atoms with Gasteiger partial charge in [0.1, 0.15) is 0 Å². The van der Waals surface area contributed by atoms with Gasteiger partial charge < -0.3 is 0 Å². The van der Waals surface area contributed by atoms with Crippen molar-refractivity contribution in [1.29, 1.82) is 0 Å². The van der Waals surface area contributed by atoms with Gasteiger partial charge in [-0.1, -0.05) is 96.5 Å². The maximum atomic E-state index is 17.5. The highest BCUT2D eigenvalue weighted by atomic mass is 35.5. The SMILES string of the molecule is FC1(c2ccccc2)c2ccccc2-c2c(-c3ccc(Cl)cc3)nc3ccccc3c21. The van der Waals surface area contributed by atoms with E-state index in [0.717, 1.165) is 33.3 Å². The molecule has 3 heteroatoms. The number of nitrogens with zero attached hydrogens (tertiary/aromatic N) is 1. The Labute approximate surface area is 184 Å². The van der Waals surface area contributed by atoms with Crippen molar-refractivity contribution >= 4 is 22.5 Å². The average Bonchev–Trinajstić information content (AvgIpc) is 3.10. The Kier molecular flexibility index (Phi) is 3.99. The van der Waals surface area contributed by atoms with Gasteiger partial charge in [-0.05, 0) is 29.3 Å². The van der Waals surface area contributed by atoms with Crippen LogP contribution in [0.25, 0.3) is 33.3 Å². The predicted molar refractivity (Wildman–Crippen MR) is 125 cm³/mol. The maximum absolute atomic E-state index is 17.5. The number of alkyl halides is 1. The van der Waals surface area contributed by atoms with E-state index in [0.29, 0.717) is 21.7 Å². The largest absolute Gasteiger partial charge is 0.247 e. The molecular weight excluding hydrogens is 405 g/mol. The van der Waals surface area contributed by atoms with Gasteiger partial charge in [-0.2, -0.15) is 0 Å². The number of hydrogen-bond donors (Lipinski definition) is 0. The first-order chi connectivity index (χ1) is 15.2. The highest BCUT2D eigenvalue weighted by Gasteiger charge is 2.47. The van der Waals surface area contributed by atoms with E-state index in [2.05, 4.69) is 0 Å². The molecule has 1 heterocycles. The lowest BCUT2D eigenvalue weighted by atomic mass is 9.84. The van der Waals surface area contributed by atoms with E-state index in [4.69, 9.17) is 16.6 Å². The van der Waals surface area contributed by atoms with Crippen LogP contribution >= 0.6 is 11.6 Å². The monoisotopic (exact) mass is 421 g/mol. The Balaban J connectivity index is 1.81. The molecule has 4 aromatic carbocycles. The number of rotatable bonds is 2. The van der Waals surface area contributed by atoms with Gasteiger partial charge in [0, 0.05) is 32.7 Å². The minimum Gasteiger partial charge on any atom is -0.247 e. The first-order valence-corrected chi connectivity index (χ1v) is 10.6. The van der Waals surface area contributed by atoms with E-state index in [9.17, 15) is 0 Å². The Morgan fingerprint density at radius 1 is 0.710 bits per heavy atom. The number of benzene rings is 4. The first kappa shape index (κ1) is 18.3.